The molecule has 5 nitrogen and oxygen atoms in total. The average Bonchev–Trinajstić information content (AvgIpc) is 3.27. The van der Waals surface area contributed by atoms with Crippen molar-refractivity contribution in [1.82, 2.24) is 4.90 Å². The van der Waals surface area contributed by atoms with Crippen molar-refractivity contribution in [2.45, 2.75) is 19.4 Å². The highest BCUT2D eigenvalue weighted by molar-refractivity contribution is 5.90. The normalized spacial score (nSPS) is 14.4. The lowest BCUT2D eigenvalue weighted by Crippen LogP contribution is -2.23. The maximum atomic E-state index is 11.0. The first-order chi connectivity index (χ1) is 10.1. The number of carboxylic acids is 1. The Bertz CT molecular complexity index is 485. The molecule has 1 N–H and O–H groups in total. The zero-order valence-corrected chi connectivity index (χ0v) is 12.7. The summed E-state index contributed by atoms with van der Waals surface area (Å²) in [6, 6.07) is 5.20. The van der Waals surface area contributed by atoms with Gasteiger partial charge < -0.3 is 14.6 Å². The van der Waals surface area contributed by atoms with Crippen molar-refractivity contribution in [2.75, 3.05) is 33.9 Å². The fourth-order valence-electron chi connectivity index (χ4n) is 2.16. The van der Waals surface area contributed by atoms with E-state index in [-0.39, 0.29) is 5.56 Å². The van der Waals surface area contributed by atoms with Gasteiger partial charge in [0.25, 0.3) is 0 Å². The minimum absolute atomic E-state index is 0.191. The predicted octanol–water partition coefficient (Wildman–Crippen LogP) is 2.25. The van der Waals surface area contributed by atoms with Crippen LogP contribution in [0.5, 0.6) is 5.75 Å². The largest absolute Gasteiger partial charge is 0.496 e. The van der Waals surface area contributed by atoms with Crippen molar-refractivity contribution in [3.63, 3.8) is 0 Å². The Balaban J connectivity index is 1.81. The molecule has 0 radical (unpaired) electrons. The van der Waals surface area contributed by atoms with Crippen LogP contribution in [0.15, 0.2) is 18.2 Å². The molecule has 1 saturated carbocycles. The lowest BCUT2D eigenvalue weighted by atomic mass is 10.1. The molecule has 0 bridgehead atoms. The second kappa shape index (κ2) is 7.43. The predicted molar refractivity (Wildman–Crippen MR) is 79.8 cm³/mol. The molecular weight excluding hydrogens is 270 g/mol. The van der Waals surface area contributed by atoms with Crippen molar-refractivity contribution < 1.29 is 19.4 Å². The number of methoxy groups -OCH3 is 1. The van der Waals surface area contributed by atoms with Gasteiger partial charge in [-0.3, -0.25) is 4.90 Å². The summed E-state index contributed by atoms with van der Waals surface area (Å²) in [5.74, 6) is 0.224. The second-order valence-corrected chi connectivity index (χ2v) is 5.60. The Hall–Kier alpha value is -1.59. The number of benzene rings is 1. The SMILES string of the molecule is COc1cc(CN(C)CCOCC2CC2)ccc1C(=O)O. The molecule has 0 amide bonds. The van der Waals surface area contributed by atoms with E-state index in [2.05, 4.69) is 4.90 Å². The molecule has 0 saturated heterocycles. The molecule has 1 aliphatic carbocycles. The first-order valence-corrected chi connectivity index (χ1v) is 7.26. The molecule has 1 fully saturated rings. The molecule has 2 rings (SSSR count). The van der Waals surface area contributed by atoms with Crippen LogP contribution in [0.4, 0.5) is 0 Å². The lowest BCUT2D eigenvalue weighted by Gasteiger charge is -2.17. The maximum absolute atomic E-state index is 11.0. The van der Waals surface area contributed by atoms with Crippen molar-refractivity contribution in [3.8, 4) is 5.75 Å². The lowest BCUT2D eigenvalue weighted by molar-refractivity contribution is 0.0693. The zero-order valence-electron chi connectivity index (χ0n) is 12.7. The molecule has 0 spiro atoms. The third-order valence-electron chi connectivity index (χ3n) is 3.62. The van der Waals surface area contributed by atoms with Gasteiger partial charge in [-0.05, 0) is 43.5 Å². The number of rotatable bonds is 9. The molecule has 21 heavy (non-hydrogen) atoms. The summed E-state index contributed by atoms with van der Waals surface area (Å²) < 4.78 is 10.8. The Morgan fingerprint density at radius 1 is 1.43 bits per heavy atom. The molecular formula is C16H23NO4. The molecule has 0 aliphatic heterocycles. The summed E-state index contributed by atoms with van der Waals surface area (Å²) in [4.78, 5) is 13.2. The minimum atomic E-state index is -0.972. The number of hydrogen-bond acceptors (Lipinski definition) is 4. The number of carbonyl (C=O) groups is 1. The van der Waals surface area contributed by atoms with Gasteiger partial charge in [-0.2, -0.15) is 0 Å². The molecule has 0 aromatic heterocycles. The molecule has 1 aromatic carbocycles. The monoisotopic (exact) mass is 293 g/mol. The Labute approximate surface area is 125 Å². The van der Waals surface area contributed by atoms with Crippen LogP contribution in [-0.2, 0) is 11.3 Å². The van der Waals surface area contributed by atoms with Gasteiger partial charge in [0.05, 0.1) is 13.7 Å². The molecule has 0 heterocycles. The van der Waals surface area contributed by atoms with Crippen LogP contribution in [0.2, 0.25) is 0 Å². The van der Waals surface area contributed by atoms with E-state index in [1.165, 1.54) is 20.0 Å². The van der Waals surface area contributed by atoms with E-state index in [1.807, 2.05) is 13.1 Å². The van der Waals surface area contributed by atoms with Crippen molar-refractivity contribution in [1.29, 1.82) is 0 Å². The second-order valence-electron chi connectivity index (χ2n) is 5.60. The van der Waals surface area contributed by atoms with Gasteiger partial charge in [-0.15, -0.1) is 0 Å². The highest BCUT2D eigenvalue weighted by atomic mass is 16.5. The smallest absolute Gasteiger partial charge is 0.339 e. The standard InChI is InChI=1S/C16H23NO4/c1-17(7-8-21-11-12-3-4-12)10-13-5-6-14(16(18)19)15(9-13)20-2/h5-6,9,12H,3-4,7-8,10-11H2,1-2H3,(H,18,19). The molecule has 5 heteroatoms. The van der Waals surface area contributed by atoms with Crippen LogP contribution < -0.4 is 4.74 Å². The van der Waals surface area contributed by atoms with E-state index in [4.69, 9.17) is 14.6 Å². The van der Waals surface area contributed by atoms with E-state index in [0.29, 0.717) is 5.75 Å². The van der Waals surface area contributed by atoms with Crippen LogP contribution in [0.3, 0.4) is 0 Å². The van der Waals surface area contributed by atoms with Crippen molar-refractivity contribution in [2.24, 2.45) is 5.92 Å². The summed E-state index contributed by atoms with van der Waals surface area (Å²) in [7, 11) is 3.51. The zero-order chi connectivity index (χ0) is 15.2. The number of ether oxygens (including phenoxy) is 2. The van der Waals surface area contributed by atoms with Gasteiger partial charge in [-0.1, -0.05) is 6.07 Å². The molecule has 116 valence electrons. The fourth-order valence-corrected chi connectivity index (χ4v) is 2.16. The first-order valence-electron chi connectivity index (χ1n) is 7.26. The van der Waals surface area contributed by atoms with Gasteiger partial charge in [-0.25, -0.2) is 4.79 Å². The van der Waals surface area contributed by atoms with Crippen molar-refractivity contribution in [3.05, 3.63) is 29.3 Å². The first kappa shape index (κ1) is 15.8. The fraction of sp³-hybridized carbons (Fsp3) is 0.562. The van der Waals surface area contributed by atoms with E-state index >= 15 is 0 Å². The summed E-state index contributed by atoms with van der Waals surface area (Å²) in [6.45, 7) is 3.21. The van der Waals surface area contributed by atoms with Gasteiger partial charge in [0.2, 0.25) is 0 Å². The van der Waals surface area contributed by atoms with Crippen LogP contribution in [0.25, 0.3) is 0 Å². The summed E-state index contributed by atoms with van der Waals surface area (Å²) in [5.41, 5.74) is 1.22. The topological polar surface area (TPSA) is 59.0 Å². The summed E-state index contributed by atoms with van der Waals surface area (Å²) >= 11 is 0. The Kier molecular flexibility index (Phi) is 5.59. The van der Waals surface area contributed by atoms with Crippen LogP contribution in [-0.4, -0.2) is 49.9 Å². The van der Waals surface area contributed by atoms with E-state index in [0.717, 1.165) is 37.8 Å². The van der Waals surface area contributed by atoms with Crippen LogP contribution in [0, 0.1) is 5.92 Å². The number of aromatic carboxylic acids is 1. The highest BCUT2D eigenvalue weighted by Gasteiger charge is 2.21. The number of nitrogens with zero attached hydrogens (tertiary/aromatic N) is 1. The third kappa shape index (κ3) is 5.02. The van der Waals surface area contributed by atoms with Crippen LogP contribution >= 0.6 is 0 Å². The van der Waals surface area contributed by atoms with Gasteiger partial charge in [0.15, 0.2) is 0 Å². The number of carboxylic acid groups (broad SMARTS) is 1. The maximum Gasteiger partial charge on any atom is 0.339 e. The Morgan fingerprint density at radius 2 is 2.19 bits per heavy atom. The van der Waals surface area contributed by atoms with Gasteiger partial charge in [0, 0.05) is 19.7 Å². The summed E-state index contributed by atoms with van der Waals surface area (Å²) in [6.07, 6.45) is 2.62. The molecule has 0 atom stereocenters. The molecule has 1 aliphatic rings. The van der Waals surface area contributed by atoms with E-state index in [1.54, 1.807) is 12.1 Å². The molecule has 1 aromatic rings. The highest BCUT2D eigenvalue weighted by Crippen LogP contribution is 2.28. The number of likely N-dealkylation sites (N-methyl/N-ethyl adjacent to an activating group) is 1. The van der Waals surface area contributed by atoms with E-state index in [9.17, 15) is 4.79 Å². The van der Waals surface area contributed by atoms with Crippen LogP contribution in [0.1, 0.15) is 28.8 Å². The Morgan fingerprint density at radius 3 is 2.81 bits per heavy atom. The number of hydrogen-bond donors (Lipinski definition) is 1. The van der Waals surface area contributed by atoms with Gasteiger partial charge in [0.1, 0.15) is 11.3 Å². The van der Waals surface area contributed by atoms with Crippen molar-refractivity contribution >= 4 is 5.97 Å². The molecule has 0 unspecified atom stereocenters. The van der Waals surface area contributed by atoms with E-state index < -0.39 is 5.97 Å². The average molecular weight is 293 g/mol. The quantitative estimate of drug-likeness (QED) is 0.708. The third-order valence-corrected chi connectivity index (χ3v) is 3.62. The van der Waals surface area contributed by atoms with Gasteiger partial charge >= 0.3 is 5.97 Å². The minimum Gasteiger partial charge on any atom is -0.496 e. The summed E-state index contributed by atoms with van der Waals surface area (Å²) in [5, 5.41) is 9.06.